The molecule has 0 aliphatic carbocycles. The van der Waals surface area contributed by atoms with E-state index < -0.39 is 0 Å². The van der Waals surface area contributed by atoms with E-state index in [2.05, 4.69) is 121 Å². The van der Waals surface area contributed by atoms with Crippen LogP contribution in [0.4, 0.5) is 0 Å². The van der Waals surface area contributed by atoms with Crippen LogP contribution in [0.25, 0.3) is 65.2 Å². The van der Waals surface area contributed by atoms with Crippen molar-refractivity contribution in [2.24, 2.45) is 0 Å². The molecule has 0 fully saturated rings. The Bertz CT molecular complexity index is 1840. The summed E-state index contributed by atoms with van der Waals surface area (Å²) < 4.78 is 1.23. The molecule has 0 aliphatic heterocycles. The van der Waals surface area contributed by atoms with Crippen molar-refractivity contribution in [3.8, 4) is 44.9 Å². The molecule has 0 radical (unpaired) electrons. The molecule has 7 rings (SSSR count). The Labute approximate surface area is 219 Å². The number of benzene rings is 5. The molecule has 2 nitrogen and oxygen atoms in total. The summed E-state index contributed by atoms with van der Waals surface area (Å²) >= 11 is 1.73. The zero-order valence-electron chi connectivity index (χ0n) is 20.0. The Hall–Kier alpha value is -4.60. The minimum absolute atomic E-state index is 0.754. The van der Waals surface area contributed by atoms with Crippen LogP contribution < -0.4 is 0 Å². The molecule has 7 aromatic rings. The third kappa shape index (κ3) is 4.00. The van der Waals surface area contributed by atoms with Crippen LogP contribution in [0.15, 0.2) is 133 Å². The van der Waals surface area contributed by atoms with E-state index in [1.165, 1.54) is 32.3 Å². The normalized spacial score (nSPS) is 11.2. The third-order valence-electron chi connectivity index (χ3n) is 6.75. The lowest BCUT2D eigenvalue weighted by Gasteiger charge is -2.09. The van der Waals surface area contributed by atoms with Crippen molar-refractivity contribution in [3.05, 3.63) is 133 Å². The molecule has 0 N–H and O–H groups in total. The second-order valence-electron chi connectivity index (χ2n) is 9.06. The summed E-state index contributed by atoms with van der Waals surface area (Å²) in [4.78, 5) is 11.1. The zero-order chi connectivity index (χ0) is 24.6. The average molecular weight is 491 g/mol. The number of thiophene rings is 1. The van der Waals surface area contributed by atoms with Crippen molar-refractivity contribution in [3.63, 3.8) is 0 Å². The highest BCUT2D eigenvalue weighted by molar-refractivity contribution is 7.25. The second-order valence-corrected chi connectivity index (χ2v) is 10.1. The fourth-order valence-corrected chi connectivity index (χ4v) is 5.93. The lowest BCUT2D eigenvalue weighted by molar-refractivity contribution is 1.24. The summed E-state index contributed by atoms with van der Waals surface area (Å²) in [6, 6.07) is 46.7. The topological polar surface area (TPSA) is 25.8 Å². The molecule has 2 aromatic heterocycles. The van der Waals surface area contributed by atoms with Gasteiger partial charge >= 0.3 is 0 Å². The van der Waals surface area contributed by atoms with Crippen LogP contribution in [0.1, 0.15) is 0 Å². The van der Waals surface area contributed by atoms with Crippen LogP contribution in [-0.4, -0.2) is 9.97 Å². The molecule has 0 atom stereocenters. The van der Waals surface area contributed by atoms with Gasteiger partial charge in [0.05, 0.1) is 5.69 Å². The van der Waals surface area contributed by atoms with E-state index in [9.17, 15) is 0 Å². The van der Waals surface area contributed by atoms with Gasteiger partial charge in [0.1, 0.15) is 4.83 Å². The molecule has 3 heteroatoms. The smallest absolute Gasteiger partial charge is 0.161 e. The maximum Gasteiger partial charge on any atom is 0.161 e. The van der Waals surface area contributed by atoms with Crippen molar-refractivity contribution >= 4 is 31.6 Å². The number of rotatable bonds is 4. The van der Waals surface area contributed by atoms with Gasteiger partial charge in [-0.1, -0.05) is 127 Å². The summed E-state index contributed by atoms with van der Waals surface area (Å²) in [6.45, 7) is 0. The molecule has 0 bridgehead atoms. The molecule has 0 saturated carbocycles. The van der Waals surface area contributed by atoms with Crippen molar-refractivity contribution in [2.75, 3.05) is 0 Å². The number of fused-ring (bicyclic) bond motifs is 3. The first kappa shape index (κ1) is 21.7. The molecular weight excluding hydrogens is 468 g/mol. The van der Waals surface area contributed by atoms with E-state index in [1.54, 1.807) is 11.3 Å². The third-order valence-corrected chi connectivity index (χ3v) is 7.82. The van der Waals surface area contributed by atoms with Crippen LogP contribution in [0.5, 0.6) is 0 Å². The Morgan fingerprint density at radius 3 is 1.51 bits per heavy atom. The summed E-state index contributed by atoms with van der Waals surface area (Å²) in [5.41, 5.74) is 7.92. The summed E-state index contributed by atoms with van der Waals surface area (Å²) in [5.74, 6) is 0.754. The summed E-state index contributed by atoms with van der Waals surface area (Å²) in [5, 5.41) is 2.34. The summed E-state index contributed by atoms with van der Waals surface area (Å²) in [7, 11) is 0. The number of aromatic nitrogens is 2. The Balaban J connectivity index is 1.29. The lowest BCUT2D eigenvalue weighted by atomic mass is 9.99. The summed E-state index contributed by atoms with van der Waals surface area (Å²) in [6.07, 6.45) is 0. The maximum absolute atomic E-state index is 5.11. The van der Waals surface area contributed by atoms with E-state index >= 15 is 0 Å². The quantitative estimate of drug-likeness (QED) is 0.245. The fraction of sp³-hybridized carbons (Fsp3) is 0. The van der Waals surface area contributed by atoms with E-state index in [-0.39, 0.29) is 0 Å². The fourth-order valence-electron chi connectivity index (χ4n) is 4.85. The van der Waals surface area contributed by atoms with E-state index in [4.69, 9.17) is 9.97 Å². The molecular formula is C34H22N2S. The molecule has 0 aliphatic rings. The molecule has 37 heavy (non-hydrogen) atoms. The highest BCUT2D eigenvalue weighted by Crippen LogP contribution is 2.39. The number of hydrogen-bond donors (Lipinski definition) is 0. The van der Waals surface area contributed by atoms with Crippen LogP contribution in [0.3, 0.4) is 0 Å². The Kier molecular flexibility index (Phi) is 5.34. The van der Waals surface area contributed by atoms with E-state index in [1.807, 2.05) is 12.1 Å². The highest BCUT2D eigenvalue weighted by atomic mass is 32.1. The standard InChI is InChI=1S/C34H22N2S/c1-3-9-23(10-4-1)24-15-17-25(18-16-24)26-19-21-28(22-20-26)33-35-32(27-11-5-2-6-12-27)31-29-13-7-8-14-30(29)37-34(31)36-33/h1-22H. The van der Waals surface area contributed by atoms with Crippen molar-refractivity contribution < 1.29 is 0 Å². The largest absolute Gasteiger partial charge is 0.227 e. The van der Waals surface area contributed by atoms with Gasteiger partial charge in [0.25, 0.3) is 0 Å². The van der Waals surface area contributed by atoms with E-state index in [0.717, 1.165) is 32.9 Å². The second kappa shape index (κ2) is 9.12. The predicted molar refractivity (Wildman–Crippen MR) is 157 cm³/mol. The Morgan fingerprint density at radius 1 is 0.405 bits per heavy atom. The van der Waals surface area contributed by atoms with Gasteiger partial charge in [0.15, 0.2) is 5.82 Å². The van der Waals surface area contributed by atoms with Crippen LogP contribution in [-0.2, 0) is 0 Å². The van der Waals surface area contributed by atoms with Gasteiger partial charge in [0.2, 0.25) is 0 Å². The zero-order valence-corrected chi connectivity index (χ0v) is 20.8. The maximum atomic E-state index is 5.11. The van der Waals surface area contributed by atoms with Gasteiger partial charge in [-0.05, 0) is 28.3 Å². The average Bonchev–Trinajstić information content (AvgIpc) is 3.36. The molecule has 2 heterocycles. The number of nitrogens with zero attached hydrogens (tertiary/aromatic N) is 2. The van der Waals surface area contributed by atoms with Crippen LogP contribution >= 0.6 is 11.3 Å². The number of hydrogen-bond acceptors (Lipinski definition) is 3. The molecule has 5 aromatic carbocycles. The monoisotopic (exact) mass is 490 g/mol. The van der Waals surface area contributed by atoms with Crippen molar-refractivity contribution in [2.45, 2.75) is 0 Å². The first-order valence-corrected chi connectivity index (χ1v) is 13.2. The molecule has 0 saturated heterocycles. The molecule has 174 valence electrons. The molecule has 0 spiro atoms. The van der Waals surface area contributed by atoms with Gasteiger partial charge < -0.3 is 0 Å². The Morgan fingerprint density at radius 2 is 0.892 bits per heavy atom. The lowest BCUT2D eigenvalue weighted by Crippen LogP contribution is -1.93. The van der Waals surface area contributed by atoms with Gasteiger partial charge in [-0.2, -0.15) is 0 Å². The van der Waals surface area contributed by atoms with Gasteiger partial charge in [0, 0.05) is 26.6 Å². The van der Waals surface area contributed by atoms with Crippen LogP contribution in [0, 0.1) is 0 Å². The highest BCUT2D eigenvalue weighted by Gasteiger charge is 2.16. The van der Waals surface area contributed by atoms with Gasteiger partial charge in [-0.25, -0.2) is 9.97 Å². The van der Waals surface area contributed by atoms with Gasteiger partial charge in [-0.3, -0.25) is 0 Å². The minimum Gasteiger partial charge on any atom is -0.227 e. The van der Waals surface area contributed by atoms with E-state index in [0.29, 0.717) is 0 Å². The predicted octanol–water partition coefficient (Wildman–Crippen LogP) is 9.51. The van der Waals surface area contributed by atoms with Crippen LogP contribution in [0.2, 0.25) is 0 Å². The minimum atomic E-state index is 0.754. The molecule has 0 amide bonds. The van der Waals surface area contributed by atoms with Crippen molar-refractivity contribution in [1.29, 1.82) is 0 Å². The first-order chi connectivity index (χ1) is 18.3. The van der Waals surface area contributed by atoms with Gasteiger partial charge in [-0.15, -0.1) is 11.3 Å². The molecule has 0 unspecified atom stereocenters. The first-order valence-electron chi connectivity index (χ1n) is 12.3. The SMILES string of the molecule is c1ccc(-c2ccc(-c3ccc(-c4nc(-c5ccccc5)c5c(n4)sc4ccccc45)cc3)cc2)cc1. The van der Waals surface area contributed by atoms with Crippen molar-refractivity contribution in [1.82, 2.24) is 9.97 Å².